The maximum Gasteiger partial charge on any atom is 0.338 e. The summed E-state index contributed by atoms with van der Waals surface area (Å²) in [5.41, 5.74) is 1.15. The molecule has 0 unspecified atom stereocenters. The average Bonchev–Trinajstić information content (AvgIpc) is 2.70. The van der Waals surface area contributed by atoms with Gasteiger partial charge in [0.2, 0.25) is 0 Å². The molecule has 1 amide bonds. The second-order valence-electron chi connectivity index (χ2n) is 5.62. The summed E-state index contributed by atoms with van der Waals surface area (Å²) in [6, 6.07) is 10.2. The summed E-state index contributed by atoms with van der Waals surface area (Å²) in [6.45, 7) is -0.544. The van der Waals surface area contributed by atoms with E-state index in [2.05, 4.69) is 10.1 Å². The fraction of sp³-hybridized carbons (Fsp3) is 0.158. The zero-order valence-electron chi connectivity index (χ0n) is 14.3. The van der Waals surface area contributed by atoms with Crippen molar-refractivity contribution in [3.63, 3.8) is 0 Å². The molecule has 0 saturated heterocycles. The molecule has 1 heterocycles. The summed E-state index contributed by atoms with van der Waals surface area (Å²) in [5, 5.41) is 2.60. The first-order valence-corrected chi connectivity index (χ1v) is 7.93. The van der Waals surface area contributed by atoms with Crippen LogP contribution in [0, 0.1) is 0 Å². The van der Waals surface area contributed by atoms with Crippen LogP contribution in [0.15, 0.2) is 42.5 Å². The van der Waals surface area contributed by atoms with Crippen molar-refractivity contribution in [1.29, 1.82) is 0 Å². The summed E-state index contributed by atoms with van der Waals surface area (Å²) in [5.74, 6) is -1.50. The molecule has 0 bridgehead atoms. The Bertz CT molecular complexity index is 918. The highest BCUT2D eigenvalue weighted by molar-refractivity contribution is 6.02. The van der Waals surface area contributed by atoms with Gasteiger partial charge in [-0.15, -0.1) is 0 Å². The van der Waals surface area contributed by atoms with E-state index >= 15 is 0 Å². The normalized spacial score (nSPS) is 12.3. The molecule has 1 N–H and O–H groups in total. The number of carbonyl (C=O) groups excluding carboxylic acids is 4. The van der Waals surface area contributed by atoms with Crippen molar-refractivity contribution in [2.24, 2.45) is 0 Å². The van der Waals surface area contributed by atoms with Gasteiger partial charge in [0.05, 0.1) is 23.9 Å². The molecular formula is C19H15NO7. The molecule has 0 spiro atoms. The Morgan fingerprint density at radius 1 is 1.00 bits per heavy atom. The molecule has 0 aromatic heterocycles. The third-order valence-electron chi connectivity index (χ3n) is 3.81. The van der Waals surface area contributed by atoms with Crippen LogP contribution in [0.1, 0.15) is 31.1 Å². The summed E-state index contributed by atoms with van der Waals surface area (Å²) in [4.78, 5) is 47.0. The smallest absolute Gasteiger partial charge is 0.338 e. The highest BCUT2D eigenvalue weighted by atomic mass is 16.5. The average molecular weight is 369 g/mol. The van der Waals surface area contributed by atoms with Gasteiger partial charge in [0.1, 0.15) is 5.75 Å². The van der Waals surface area contributed by atoms with Crippen LogP contribution in [0.4, 0.5) is 5.69 Å². The van der Waals surface area contributed by atoms with Gasteiger partial charge >= 0.3 is 11.9 Å². The lowest BCUT2D eigenvalue weighted by Crippen LogP contribution is -2.25. The third-order valence-corrected chi connectivity index (χ3v) is 3.81. The molecule has 2 aromatic carbocycles. The number of Topliss-reactive ketones (excluding diaryl/α,β-unsaturated/α-hetero) is 1. The Kier molecular flexibility index (Phi) is 5.16. The third kappa shape index (κ3) is 4.12. The SMILES string of the molecule is COC(=O)c1ccc(C(=O)OCC(=O)c2ccc3c(c2)NC(=O)CO3)cc1. The first-order valence-electron chi connectivity index (χ1n) is 7.93. The number of methoxy groups -OCH3 is 1. The zero-order chi connectivity index (χ0) is 19.4. The number of fused-ring (bicyclic) bond motifs is 1. The van der Waals surface area contributed by atoms with Gasteiger partial charge < -0.3 is 19.5 Å². The van der Waals surface area contributed by atoms with E-state index in [1.807, 2.05) is 0 Å². The Labute approximate surface area is 154 Å². The van der Waals surface area contributed by atoms with Crippen LogP contribution < -0.4 is 10.1 Å². The molecule has 3 rings (SSSR count). The molecule has 0 radical (unpaired) electrons. The van der Waals surface area contributed by atoms with Crippen molar-refractivity contribution < 1.29 is 33.4 Å². The van der Waals surface area contributed by atoms with Gasteiger partial charge in [-0.1, -0.05) is 0 Å². The Morgan fingerprint density at radius 2 is 1.63 bits per heavy atom. The Hall–Kier alpha value is -3.68. The molecule has 0 atom stereocenters. The van der Waals surface area contributed by atoms with Crippen LogP contribution >= 0.6 is 0 Å². The fourth-order valence-electron chi connectivity index (χ4n) is 2.41. The minimum Gasteiger partial charge on any atom is -0.482 e. The van der Waals surface area contributed by atoms with Crippen molar-refractivity contribution in [2.45, 2.75) is 0 Å². The number of hydrogen-bond donors (Lipinski definition) is 1. The van der Waals surface area contributed by atoms with Crippen LogP contribution in [-0.4, -0.2) is 44.0 Å². The molecule has 27 heavy (non-hydrogen) atoms. The van der Waals surface area contributed by atoms with E-state index in [9.17, 15) is 19.2 Å². The summed E-state index contributed by atoms with van der Waals surface area (Å²) in [7, 11) is 1.26. The van der Waals surface area contributed by atoms with Crippen molar-refractivity contribution in [1.82, 2.24) is 0 Å². The van der Waals surface area contributed by atoms with Crippen LogP contribution in [-0.2, 0) is 14.3 Å². The van der Waals surface area contributed by atoms with Gasteiger partial charge in [0, 0.05) is 5.56 Å². The number of hydrogen-bond acceptors (Lipinski definition) is 7. The number of ketones is 1. The van der Waals surface area contributed by atoms with E-state index in [4.69, 9.17) is 9.47 Å². The highest BCUT2D eigenvalue weighted by Crippen LogP contribution is 2.28. The Morgan fingerprint density at radius 3 is 2.30 bits per heavy atom. The van der Waals surface area contributed by atoms with Gasteiger partial charge in [-0.25, -0.2) is 9.59 Å². The first kappa shape index (κ1) is 18.1. The van der Waals surface area contributed by atoms with E-state index < -0.39 is 24.3 Å². The summed E-state index contributed by atoms with van der Waals surface area (Å²) in [6.07, 6.45) is 0. The van der Waals surface area contributed by atoms with Gasteiger partial charge in [0.25, 0.3) is 5.91 Å². The monoisotopic (exact) mass is 369 g/mol. The second kappa shape index (κ2) is 7.69. The van der Waals surface area contributed by atoms with E-state index in [-0.39, 0.29) is 23.6 Å². The molecule has 1 aliphatic rings. The van der Waals surface area contributed by atoms with Crippen LogP contribution in [0.3, 0.4) is 0 Å². The molecule has 8 heteroatoms. The lowest BCUT2D eigenvalue weighted by Gasteiger charge is -2.18. The Balaban J connectivity index is 1.62. The zero-order valence-corrected chi connectivity index (χ0v) is 14.3. The highest BCUT2D eigenvalue weighted by Gasteiger charge is 2.19. The van der Waals surface area contributed by atoms with E-state index in [1.165, 1.54) is 43.5 Å². The largest absolute Gasteiger partial charge is 0.482 e. The number of anilines is 1. The fourth-order valence-corrected chi connectivity index (χ4v) is 2.41. The van der Waals surface area contributed by atoms with Crippen molar-refractivity contribution >= 4 is 29.3 Å². The standard InChI is InChI=1S/C19H15NO7/c1-25-18(23)11-2-4-12(5-3-11)19(24)27-9-15(21)13-6-7-16-14(8-13)20-17(22)10-26-16/h2-8H,9-10H2,1H3,(H,20,22). The molecule has 0 aliphatic carbocycles. The molecule has 138 valence electrons. The summed E-state index contributed by atoms with van der Waals surface area (Å²) < 4.78 is 14.8. The number of nitrogens with one attached hydrogen (secondary N) is 1. The predicted molar refractivity (Wildman–Crippen MR) is 93.0 cm³/mol. The molecule has 0 fully saturated rings. The van der Waals surface area contributed by atoms with E-state index in [0.717, 1.165) is 0 Å². The number of benzene rings is 2. The predicted octanol–water partition coefficient (Wildman–Crippen LogP) is 1.84. The van der Waals surface area contributed by atoms with Crippen LogP contribution in [0.5, 0.6) is 5.75 Å². The van der Waals surface area contributed by atoms with E-state index in [0.29, 0.717) is 17.0 Å². The van der Waals surface area contributed by atoms with Gasteiger partial charge in [-0.3, -0.25) is 9.59 Å². The molecule has 2 aromatic rings. The molecule has 1 aliphatic heterocycles. The minimum absolute atomic E-state index is 0.0767. The topological polar surface area (TPSA) is 108 Å². The lowest BCUT2D eigenvalue weighted by molar-refractivity contribution is -0.118. The number of carbonyl (C=O) groups is 4. The maximum atomic E-state index is 12.2. The number of rotatable bonds is 5. The second-order valence-corrected chi connectivity index (χ2v) is 5.62. The lowest BCUT2D eigenvalue weighted by atomic mass is 10.1. The van der Waals surface area contributed by atoms with Gasteiger partial charge in [-0.2, -0.15) is 0 Å². The maximum absolute atomic E-state index is 12.2. The molecular weight excluding hydrogens is 354 g/mol. The van der Waals surface area contributed by atoms with Gasteiger partial charge in [-0.05, 0) is 42.5 Å². The summed E-state index contributed by atoms with van der Waals surface area (Å²) >= 11 is 0. The van der Waals surface area contributed by atoms with Crippen LogP contribution in [0.25, 0.3) is 0 Å². The quantitative estimate of drug-likeness (QED) is 0.633. The van der Waals surface area contributed by atoms with Crippen LogP contribution in [0.2, 0.25) is 0 Å². The van der Waals surface area contributed by atoms with Crippen molar-refractivity contribution in [3.05, 3.63) is 59.2 Å². The van der Waals surface area contributed by atoms with Crippen molar-refractivity contribution in [3.8, 4) is 5.75 Å². The first-order chi connectivity index (χ1) is 13.0. The number of amides is 1. The number of ether oxygens (including phenoxy) is 3. The molecule has 0 saturated carbocycles. The number of esters is 2. The van der Waals surface area contributed by atoms with E-state index in [1.54, 1.807) is 6.07 Å². The van der Waals surface area contributed by atoms with Crippen molar-refractivity contribution in [2.75, 3.05) is 25.6 Å². The van der Waals surface area contributed by atoms with Gasteiger partial charge in [0.15, 0.2) is 19.0 Å². The molecule has 8 nitrogen and oxygen atoms in total. The minimum atomic E-state index is -0.700.